The SMILES string of the molecule is CC(CCCc1ccccc1)c1cc(OC(=O)CCCN2CCOCC2)c2c(c1)OC(C)(C)C1=C2CCC1.Cl. The second-order valence-corrected chi connectivity index (χ2v) is 11.6. The number of benzene rings is 2. The average Bonchev–Trinajstić information content (AvgIpc) is 3.41. The van der Waals surface area contributed by atoms with Gasteiger partial charge in [0.1, 0.15) is 17.1 Å². The summed E-state index contributed by atoms with van der Waals surface area (Å²) in [5, 5.41) is 0. The van der Waals surface area contributed by atoms with Crippen LogP contribution in [0.1, 0.15) is 88.3 Å². The lowest BCUT2D eigenvalue weighted by atomic mass is 9.85. The van der Waals surface area contributed by atoms with Crippen molar-refractivity contribution >= 4 is 23.9 Å². The maximum absolute atomic E-state index is 13.0. The van der Waals surface area contributed by atoms with Crippen LogP contribution < -0.4 is 9.47 Å². The largest absolute Gasteiger partial charge is 0.483 e. The molecule has 0 saturated carbocycles. The molecule has 1 atom stereocenters. The summed E-state index contributed by atoms with van der Waals surface area (Å²) in [6.45, 7) is 11.0. The van der Waals surface area contributed by atoms with E-state index >= 15 is 0 Å². The Kier molecular flexibility index (Phi) is 10.1. The van der Waals surface area contributed by atoms with Crippen molar-refractivity contribution < 1.29 is 19.0 Å². The fraction of sp³-hybridized carbons (Fsp3) is 0.545. The Balaban J connectivity index is 0.00000353. The van der Waals surface area contributed by atoms with E-state index in [4.69, 9.17) is 14.2 Å². The minimum absolute atomic E-state index is 0. The van der Waals surface area contributed by atoms with Gasteiger partial charge in [0.05, 0.1) is 18.8 Å². The molecule has 0 spiro atoms. The highest BCUT2D eigenvalue weighted by molar-refractivity contribution is 5.85. The Labute approximate surface area is 240 Å². The topological polar surface area (TPSA) is 48.0 Å². The second-order valence-electron chi connectivity index (χ2n) is 11.6. The molecule has 1 unspecified atom stereocenters. The maximum Gasteiger partial charge on any atom is 0.311 e. The summed E-state index contributed by atoms with van der Waals surface area (Å²) in [6.07, 6.45) is 7.66. The van der Waals surface area contributed by atoms with Crippen LogP contribution in [-0.4, -0.2) is 49.3 Å². The smallest absolute Gasteiger partial charge is 0.311 e. The number of carbonyl (C=O) groups excluding carboxylic acids is 1. The van der Waals surface area contributed by atoms with Crippen molar-refractivity contribution in [2.75, 3.05) is 32.8 Å². The number of hydrogen-bond donors (Lipinski definition) is 0. The highest BCUT2D eigenvalue weighted by Gasteiger charge is 2.39. The van der Waals surface area contributed by atoms with E-state index in [-0.39, 0.29) is 24.0 Å². The van der Waals surface area contributed by atoms with Gasteiger partial charge < -0.3 is 14.2 Å². The van der Waals surface area contributed by atoms with Gasteiger partial charge in [0.2, 0.25) is 0 Å². The first-order valence-corrected chi connectivity index (χ1v) is 14.6. The van der Waals surface area contributed by atoms with Crippen LogP contribution in [0.2, 0.25) is 0 Å². The van der Waals surface area contributed by atoms with Gasteiger partial charge in [-0.1, -0.05) is 37.3 Å². The fourth-order valence-electron chi connectivity index (χ4n) is 6.24. The van der Waals surface area contributed by atoms with Crippen molar-refractivity contribution in [2.24, 2.45) is 0 Å². The zero-order chi connectivity index (χ0) is 26.5. The first kappa shape index (κ1) is 29.6. The van der Waals surface area contributed by atoms with Crippen molar-refractivity contribution in [1.82, 2.24) is 4.90 Å². The Bertz CT molecular complexity index is 1150. The summed E-state index contributed by atoms with van der Waals surface area (Å²) in [7, 11) is 0. The number of rotatable bonds is 10. The van der Waals surface area contributed by atoms with E-state index in [0.29, 0.717) is 18.1 Å². The van der Waals surface area contributed by atoms with Crippen LogP contribution in [0.4, 0.5) is 0 Å². The molecule has 5 nitrogen and oxygen atoms in total. The highest BCUT2D eigenvalue weighted by atomic mass is 35.5. The molecule has 212 valence electrons. The van der Waals surface area contributed by atoms with E-state index < -0.39 is 0 Å². The summed E-state index contributed by atoms with van der Waals surface area (Å²) in [5.41, 5.74) is 5.94. The molecular weight excluding hydrogens is 510 g/mol. The summed E-state index contributed by atoms with van der Waals surface area (Å²) < 4.78 is 18.2. The van der Waals surface area contributed by atoms with Gasteiger partial charge in [-0.25, -0.2) is 0 Å². The van der Waals surface area contributed by atoms with E-state index in [2.05, 4.69) is 68.1 Å². The van der Waals surface area contributed by atoms with Crippen molar-refractivity contribution in [3.8, 4) is 11.5 Å². The maximum atomic E-state index is 13.0. The van der Waals surface area contributed by atoms with Gasteiger partial charge in [0.15, 0.2) is 0 Å². The molecular formula is C33H44ClNO4. The Morgan fingerprint density at radius 1 is 1.08 bits per heavy atom. The normalized spacial score (nSPS) is 18.9. The van der Waals surface area contributed by atoms with Crippen molar-refractivity contribution in [2.45, 2.75) is 83.7 Å². The van der Waals surface area contributed by atoms with Gasteiger partial charge in [0.25, 0.3) is 0 Å². The molecule has 5 rings (SSSR count). The Morgan fingerprint density at radius 3 is 2.62 bits per heavy atom. The minimum Gasteiger partial charge on any atom is -0.483 e. The number of esters is 1. The molecule has 0 N–H and O–H groups in total. The molecule has 0 radical (unpaired) electrons. The first-order chi connectivity index (χ1) is 18.4. The third kappa shape index (κ3) is 7.25. The average molecular weight is 554 g/mol. The summed E-state index contributed by atoms with van der Waals surface area (Å²) in [5.74, 6) is 1.75. The Hall–Kier alpha value is -2.34. The van der Waals surface area contributed by atoms with Crippen LogP contribution in [0, 0.1) is 0 Å². The third-order valence-corrected chi connectivity index (χ3v) is 8.40. The second kappa shape index (κ2) is 13.3. The summed E-state index contributed by atoms with van der Waals surface area (Å²) in [4.78, 5) is 15.4. The molecule has 2 aromatic rings. The number of halogens is 1. The van der Waals surface area contributed by atoms with E-state index in [1.54, 1.807) is 0 Å². The molecule has 2 heterocycles. The molecule has 1 aliphatic carbocycles. The molecule has 0 bridgehead atoms. The lowest BCUT2D eigenvalue weighted by Crippen LogP contribution is -2.37. The van der Waals surface area contributed by atoms with E-state index in [0.717, 1.165) is 89.1 Å². The van der Waals surface area contributed by atoms with Gasteiger partial charge in [-0.3, -0.25) is 9.69 Å². The molecule has 0 amide bonds. The number of morpholine rings is 1. The summed E-state index contributed by atoms with van der Waals surface area (Å²) >= 11 is 0. The van der Waals surface area contributed by atoms with E-state index in [9.17, 15) is 4.79 Å². The number of allylic oxidation sites excluding steroid dienone is 1. The molecule has 0 aromatic heterocycles. The first-order valence-electron chi connectivity index (χ1n) is 14.6. The van der Waals surface area contributed by atoms with Gasteiger partial charge in [-0.15, -0.1) is 12.4 Å². The highest BCUT2D eigenvalue weighted by Crippen LogP contribution is 2.52. The van der Waals surface area contributed by atoms with Crippen LogP contribution in [0.5, 0.6) is 11.5 Å². The number of hydrogen-bond acceptors (Lipinski definition) is 5. The predicted molar refractivity (Wildman–Crippen MR) is 159 cm³/mol. The standard InChI is InChI=1S/C33H43NO4.ClH/c1-24(10-7-13-25-11-5-4-6-12-25)26-22-29(37-31(35)16-9-17-34-18-20-36-21-19-34)32-27-14-8-15-28(27)33(2,3)38-30(32)23-26;/h4-6,11-12,22-24H,7-10,13-21H2,1-3H3;1H. The van der Waals surface area contributed by atoms with Crippen molar-refractivity contribution in [3.63, 3.8) is 0 Å². The van der Waals surface area contributed by atoms with Gasteiger partial charge in [-0.05, 0) is 106 Å². The molecule has 3 aliphatic rings. The number of fused-ring (bicyclic) bond motifs is 2. The minimum atomic E-state index is -0.326. The molecule has 39 heavy (non-hydrogen) atoms. The van der Waals surface area contributed by atoms with E-state index in [1.165, 1.54) is 22.3 Å². The lowest BCUT2D eigenvalue weighted by Gasteiger charge is -2.36. The van der Waals surface area contributed by atoms with Crippen molar-refractivity contribution in [1.29, 1.82) is 0 Å². The van der Waals surface area contributed by atoms with Gasteiger partial charge in [-0.2, -0.15) is 0 Å². The lowest BCUT2D eigenvalue weighted by molar-refractivity contribution is -0.134. The van der Waals surface area contributed by atoms with E-state index in [1.807, 2.05) is 0 Å². The summed E-state index contributed by atoms with van der Waals surface area (Å²) in [6, 6.07) is 15.0. The number of nitrogens with zero attached hydrogens (tertiary/aromatic N) is 1. The monoisotopic (exact) mass is 553 g/mol. The predicted octanol–water partition coefficient (Wildman–Crippen LogP) is 7.36. The zero-order valence-corrected chi connectivity index (χ0v) is 24.6. The third-order valence-electron chi connectivity index (χ3n) is 8.40. The molecule has 2 aromatic carbocycles. The van der Waals surface area contributed by atoms with Crippen LogP contribution in [0.25, 0.3) is 5.57 Å². The van der Waals surface area contributed by atoms with Crippen LogP contribution >= 0.6 is 12.4 Å². The number of carbonyl (C=O) groups is 1. The van der Waals surface area contributed by atoms with Gasteiger partial charge >= 0.3 is 5.97 Å². The number of aryl methyl sites for hydroxylation is 1. The Morgan fingerprint density at radius 2 is 1.85 bits per heavy atom. The molecule has 1 saturated heterocycles. The molecule has 6 heteroatoms. The van der Waals surface area contributed by atoms with Crippen LogP contribution in [0.15, 0.2) is 48.0 Å². The fourth-order valence-corrected chi connectivity index (χ4v) is 6.24. The van der Waals surface area contributed by atoms with Crippen molar-refractivity contribution in [3.05, 3.63) is 64.7 Å². The van der Waals surface area contributed by atoms with Crippen LogP contribution in [0.3, 0.4) is 0 Å². The quantitative estimate of drug-likeness (QED) is 0.227. The zero-order valence-electron chi connectivity index (χ0n) is 23.8. The molecule has 1 fully saturated rings. The van der Waals surface area contributed by atoms with Gasteiger partial charge in [0, 0.05) is 19.5 Å². The van der Waals surface area contributed by atoms with Crippen LogP contribution in [-0.2, 0) is 16.0 Å². The number of ether oxygens (including phenoxy) is 3. The molecule has 2 aliphatic heterocycles.